The van der Waals surface area contributed by atoms with Gasteiger partial charge in [-0.1, -0.05) is 0 Å². The highest BCUT2D eigenvalue weighted by Crippen LogP contribution is 2.31. The fraction of sp³-hybridized carbons (Fsp3) is 0.238. The van der Waals surface area contributed by atoms with Crippen LogP contribution >= 0.6 is 0 Å². The normalized spacial score (nSPS) is 12.7. The van der Waals surface area contributed by atoms with E-state index in [9.17, 15) is 9.18 Å². The average Bonchev–Trinajstić information content (AvgIpc) is 3.45. The molecule has 4 aromatic rings. The minimum absolute atomic E-state index is 0.108. The largest absolute Gasteiger partial charge is 0.493 e. The van der Waals surface area contributed by atoms with Crippen LogP contribution in [0.5, 0.6) is 5.75 Å². The first kappa shape index (κ1) is 19.0. The monoisotopic (exact) mass is 421 g/mol. The molecular weight excluding hydrogens is 401 g/mol. The summed E-state index contributed by atoms with van der Waals surface area (Å²) in [6.45, 7) is 2.63. The van der Waals surface area contributed by atoms with Gasteiger partial charge in [0.2, 0.25) is 5.95 Å². The van der Waals surface area contributed by atoms with Crippen LogP contribution < -0.4 is 15.8 Å². The number of imidazole rings is 1. The van der Waals surface area contributed by atoms with Crippen LogP contribution in [0.1, 0.15) is 27.3 Å². The molecule has 3 N–H and O–H groups in total. The fourth-order valence-corrected chi connectivity index (χ4v) is 3.94. The highest BCUT2D eigenvalue weighted by Gasteiger charge is 2.21. The number of nitrogens with zero attached hydrogens (tertiary/aromatic N) is 5. The Morgan fingerprint density at radius 1 is 1.39 bits per heavy atom. The van der Waals surface area contributed by atoms with Gasteiger partial charge in [-0.25, -0.2) is 14.4 Å². The van der Waals surface area contributed by atoms with Gasteiger partial charge in [-0.2, -0.15) is 5.10 Å². The van der Waals surface area contributed by atoms with E-state index in [1.54, 1.807) is 21.3 Å². The number of aryl methyl sites for hydroxylation is 2. The van der Waals surface area contributed by atoms with Crippen LogP contribution in [0.3, 0.4) is 0 Å². The van der Waals surface area contributed by atoms with Crippen molar-refractivity contribution in [2.45, 2.75) is 19.9 Å². The fourth-order valence-electron chi connectivity index (χ4n) is 3.94. The Balaban J connectivity index is 1.58. The number of carbonyl (C=O) groups is 1. The molecule has 0 spiro atoms. The number of fused-ring (bicyclic) bond motifs is 2. The summed E-state index contributed by atoms with van der Waals surface area (Å²) in [4.78, 5) is 20.7. The number of nitrogens with one attached hydrogen (secondary N) is 1. The van der Waals surface area contributed by atoms with E-state index in [0.717, 1.165) is 17.0 Å². The molecule has 9 nitrogen and oxygen atoms in total. The summed E-state index contributed by atoms with van der Waals surface area (Å²) in [5.41, 5.74) is 9.79. The van der Waals surface area contributed by atoms with Crippen LogP contribution in [0.4, 0.5) is 10.3 Å². The molecule has 31 heavy (non-hydrogen) atoms. The maximum atomic E-state index is 14.5. The lowest BCUT2D eigenvalue weighted by molar-refractivity contribution is 0.0996. The third kappa shape index (κ3) is 3.16. The maximum Gasteiger partial charge on any atom is 0.268 e. The molecule has 0 radical (unpaired) electrons. The van der Waals surface area contributed by atoms with E-state index in [1.807, 2.05) is 20.0 Å². The molecule has 3 aromatic heterocycles. The van der Waals surface area contributed by atoms with Gasteiger partial charge >= 0.3 is 0 Å². The number of rotatable bonds is 5. The molecule has 0 saturated carbocycles. The predicted molar refractivity (Wildman–Crippen MR) is 111 cm³/mol. The molecule has 0 aliphatic carbocycles. The van der Waals surface area contributed by atoms with Crippen molar-refractivity contribution < 1.29 is 13.9 Å². The summed E-state index contributed by atoms with van der Waals surface area (Å²) in [6.07, 6.45) is 3.83. The average molecular weight is 421 g/mol. The predicted octanol–water partition coefficient (Wildman–Crippen LogP) is 2.22. The highest BCUT2D eigenvalue weighted by molar-refractivity contribution is 5.92. The molecular formula is C21H20FN7O2. The zero-order chi connectivity index (χ0) is 21.7. The van der Waals surface area contributed by atoms with Crippen LogP contribution in [0, 0.1) is 12.7 Å². The van der Waals surface area contributed by atoms with Crippen molar-refractivity contribution in [2.24, 2.45) is 12.8 Å². The lowest BCUT2D eigenvalue weighted by Gasteiger charge is -2.13. The van der Waals surface area contributed by atoms with Crippen molar-refractivity contribution in [1.82, 2.24) is 24.1 Å². The van der Waals surface area contributed by atoms with Crippen molar-refractivity contribution in [3.8, 4) is 17.0 Å². The molecule has 158 valence electrons. The summed E-state index contributed by atoms with van der Waals surface area (Å²) < 4.78 is 23.4. The Morgan fingerprint density at radius 2 is 2.23 bits per heavy atom. The number of anilines is 1. The number of aromatic nitrogens is 5. The van der Waals surface area contributed by atoms with Crippen LogP contribution in [-0.4, -0.2) is 36.7 Å². The maximum absolute atomic E-state index is 14.5. The third-order valence-corrected chi connectivity index (χ3v) is 5.39. The molecule has 0 saturated heterocycles. The van der Waals surface area contributed by atoms with Crippen molar-refractivity contribution in [1.29, 1.82) is 0 Å². The Kier molecular flexibility index (Phi) is 4.35. The standard InChI is InChI=1S/C21H20FN7O2/c1-11-7-17(28(2)27-11)14-9-25-21(29-10-16(19(23)30)26-20(14)29)24-8-13-12-5-6-31-18(12)4-3-15(13)22/h3-4,7,9-10H,5-6,8H2,1-2H3,(H2,23,30)(H,24,25). The first-order valence-electron chi connectivity index (χ1n) is 9.78. The number of ether oxygens (including phenoxy) is 1. The number of carbonyl (C=O) groups excluding carboxylic acids is 1. The summed E-state index contributed by atoms with van der Waals surface area (Å²) in [5, 5.41) is 7.54. The first-order valence-corrected chi connectivity index (χ1v) is 9.78. The van der Waals surface area contributed by atoms with Gasteiger partial charge in [0.15, 0.2) is 5.65 Å². The second-order valence-corrected chi connectivity index (χ2v) is 7.43. The van der Waals surface area contributed by atoms with Crippen LogP contribution in [0.2, 0.25) is 0 Å². The van der Waals surface area contributed by atoms with Gasteiger partial charge < -0.3 is 15.8 Å². The van der Waals surface area contributed by atoms with Gasteiger partial charge in [0.25, 0.3) is 5.91 Å². The van der Waals surface area contributed by atoms with Gasteiger partial charge in [-0.15, -0.1) is 0 Å². The van der Waals surface area contributed by atoms with E-state index < -0.39 is 5.91 Å². The number of hydrogen-bond donors (Lipinski definition) is 2. The Labute approximate surface area is 176 Å². The third-order valence-electron chi connectivity index (χ3n) is 5.39. The number of primary amides is 1. The topological polar surface area (TPSA) is 112 Å². The molecule has 1 amide bonds. The molecule has 10 heteroatoms. The lowest BCUT2D eigenvalue weighted by atomic mass is 10.0. The van der Waals surface area contributed by atoms with E-state index in [1.165, 1.54) is 12.3 Å². The van der Waals surface area contributed by atoms with Crippen LogP contribution in [0.25, 0.3) is 16.9 Å². The van der Waals surface area contributed by atoms with E-state index in [0.29, 0.717) is 41.5 Å². The molecule has 1 aliphatic heterocycles. The van der Waals surface area contributed by atoms with Gasteiger partial charge in [0, 0.05) is 43.5 Å². The summed E-state index contributed by atoms with van der Waals surface area (Å²) in [5.74, 6) is 0.162. The zero-order valence-corrected chi connectivity index (χ0v) is 17.0. The summed E-state index contributed by atoms with van der Waals surface area (Å²) in [7, 11) is 1.82. The number of hydrogen-bond acceptors (Lipinski definition) is 6. The number of benzene rings is 1. The second-order valence-electron chi connectivity index (χ2n) is 7.43. The van der Waals surface area contributed by atoms with Gasteiger partial charge in [0.1, 0.15) is 17.3 Å². The SMILES string of the molecule is Cc1cc(-c2cnc(NCc3c(F)ccc4c3CCO4)n3cc(C(N)=O)nc23)n(C)n1. The Morgan fingerprint density at radius 3 is 2.97 bits per heavy atom. The zero-order valence-electron chi connectivity index (χ0n) is 17.0. The lowest BCUT2D eigenvalue weighted by Crippen LogP contribution is -2.11. The molecule has 1 aliphatic rings. The van der Waals surface area contributed by atoms with Gasteiger partial charge in [0.05, 0.1) is 23.6 Å². The van der Waals surface area contributed by atoms with E-state index in [-0.39, 0.29) is 18.1 Å². The highest BCUT2D eigenvalue weighted by atomic mass is 19.1. The smallest absolute Gasteiger partial charge is 0.268 e. The van der Waals surface area contributed by atoms with Crippen molar-refractivity contribution in [2.75, 3.05) is 11.9 Å². The van der Waals surface area contributed by atoms with Crippen LogP contribution in [0.15, 0.2) is 30.6 Å². The van der Waals surface area contributed by atoms with E-state index in [2.05, 4.69) is 20.4 Å². The minimum atomic E-state index is -0.647. The van der Waals surface area contributed by atoms with Crippen molar-refractivity contribution in [3.63, 3.8) is 0 Å². The Hall–Kier alpha value is -3.95. The van der Waals surface area contributed by atoms with Gasteiger partial charge in [-0.3, -0.25) is 13.9 Å². The molecule has 4 heterocycles. The summed E-state index contributed by atoms with van der Waals surface area (Å²) in [6, 6.07) is 4.96. The van der Waals surface area contributed by atoms with Crippen LogP contribution in [-0.2, 0) is 20.0 Å². The first-order chi connectivity index (χ1) is 14.9. The number of halogens is 1. The second kappa shape index (κ2) is 7.08. The van der Waals surface area contributed by atoms with Gasteiger partial charge in [-0.05, 0) is 25.1 Å². The molecule has 0 atom stereocenters. The number of nitrogens with two attached hydrogens (primary N) is 1. The van der Waals surface area contributed by atoms with Crippen molar-refractivity contribution in [3.05, 3.63) is 58.9 Å². The molecule has 1 aromatic carbocycles. The Bertz CT molecular complexity index is 1340. The quantitative estimate of drug-likeness (QED) is 0.511. The summed E-state index contributed by atoms with van der Waals surface area (Å²) >= 11 is 0. The van der Waals surface area contributed by atoms with E-state index in [4.69, 9.17) is 10.5 Å². The van der Waals surface area contributed by atoms with E-state index >= 15 is 0 Å². The van der Waals surface area contributed by atoms with Crippen molar-refractivity contribution >= 4 is 17.5 Å². The molecule has 0 unspecified atom stereocenters. The minimum Gasteiger partial charge on any atom is -0.493 e. The molecule has 5 rings (SSSR count). The molecule has 0 bridgehead atoms. The molecule has 0 fully saturated rings. The number of amides is 1.